The summed E-state index contributed by atoms with van der Waals surface area (Å²) in [7, 11) is 1.76. The number of urea groups is 1. The van der Waals surface area contributed by atoms with Gasteiger partial charge in [-0.05, 0) is 18.7 Å². The zero-order valence-electron chi connectivity index (χ0n) is 10.3. The Labute approximate surface area is 106 Å². The molecule has 0 radical (unpaired) electrons. The molecule has 2 rings (SSSR count). The second-order valence-corrected chi connectivity index (χ2v) is 4.50. The third-order valence-electron chi connectivity index (χ3n) is 3.18. The standard InChI is InChI=1S/C13H16N4O/c1-16-8-10(6-14)9-17(13(16)18)12-5-3-2-4-11(12)7-15/h2-5,10H,6,8-9,14H2,1H3. The van der Waals surface area contributed by atoms with E-state index in [-0.39, 0.29) is 11.9 Å². The number of rotatable bonds is 2. The predicted octanol–water partition coefficient (Wildman–Crippen LogP) is 1.00. The Hall–Kier alpha value is -2.06. The Morgan fingerprint density at radius 3 is 2.83 bits per heavy atom. The third kappa shape index (κ3) is 2.15. The number of benzene rings is 1. The number of carbonyl (C=O) groups is 1. The maximum atomic E-state index is 12.2. The number of nitriles is 1. The number of anilines is 1. The fourth-order valence-corrected chi connectivity index (χ4v) is 2.22. The highest BCUT2D eigenvalue weighted by Gasteiger charge is 2.30. The minimum atomic E-state index is -0.0811. The van der Waals surface area contributed by atoms with Gasteiger partial charge in [0.1, 0.15) is 6.07 Å². The van der Waals surface area contributed by atoms with Crippen LogP contribution in [0.5, 0.6) is 0 Å². The minimum absolute atomic E-state index is 0.0811. The van der Waals surface area contributed by atoms with Crippen molar-refractivity contribution in [1.82, 2.24) is 4.90 Å². The highest BCUT2D eigenvalue weighted by Crippen LogP contribution is 2.24. The molecule has 0 aliphatic carbocycles. The van der Waals surface area contributed by atoms with Gasteiger partial charge < -0.3 is 10.6 Å². The van der Waals surface area contributed by atoms with Crippen LogP contribution in [0.25, 0.3) is 0 Å². The number of hydrogen-bond acceptors (Lipinski definition) is 3. The molecule has 1 saturated heterocycles. The van der Waals surface area contributed by atoms with Gasteiger partial charge in [0.2, 0.25) is 0 Å². The highest BCUT2D eigenvalue weighted by atomic mass is 16.2. The molecule has 1 heterocycles. The third-order valence-corrected chi connectivity index (χ3v) is 3.18. The summed E-state index contributed by atoms with van der Waals surface area (Å²) in [6.45, 7) is 1.77. The fraction of sp³-hybridized carbons (Fsp3) is 0.385. The SMILES string of the molecule is CN1CC(CN)CN(c2ccccc2C#N)C1=O. The maximum absolute atomic E-state index is 12.2. The van der Waals surface area contributed by atoms with E-state index in [1.54, 1.807) is 35.0 Å². The highest BCUT2D eigenvalue weighted by molar-refractivity contribution is 5.94. The molecule has 18 heavy (non-hydrogen) atoms. The average molecular weight is 244 g/mol. The van der Waals surface area contributed by atoms with E-state index >= 15 is 0 Å². The van der Waals surface area contributed by atoms with E-state index in [1.165, 1.54) is 0 Å². The van der Waals surface area contributed by atoms with Gasteiger partial charge in [0.25, 0.3) is 0 Å². The van der Waals surface area contributed by atoms with Crippen LogP contribution in [0.2, 0.25) is 0 Å². The Bertz CT molecular complexity index is 494. The van der Waals surface area contributed by atoms with Crippen molar-refractivity contribution in [2.45, 2.75) is 0 Å². The molecule has 94 valence electrons. The summed E-state index contributed by atoms with van der Waals surface area (Å²) < 4.78 is 0. The summed E-state index contributed by atoms with van der Waals surface area (Å²) in [5.41, 5.74) is 6.87. The molecule has 5 nitrogen and oxygen atoms in total. The first-order chi connectivity index (χ1) is 8.67. The molecule has 1 fully saturated rings. The molecule has 0 spiro atoms. The predicted molar refractivity (Wildman–Crippen MR) is 69.1 cm³/mol. The van der Waals surface area contributed by atoms with Crippen LogP contribution in [0.15, 0.2) is 24.3 Å². The minimum Gasteiger partial charge on any atom is -0.330 e. The quantitative estimate of drug-likeness (QED) is 0.843. The largest absolute Gasteiger partial charge is 0.330 e. The summed E-state index contributed by atoms with van der Waals surface area (Å²) in [4.78, 5) is 15.4. The second kappa shape index (κ2) is 5.07. The van der Waals surface area contributed by atoms with Crippen molar-refractivity contribution >= 4 is 11.7 Å². The van der Waals surface area contributed by atoms with Gasteiger partial charge in [0, 0.05) is 26.1 Å². The summed E-state index contributed by atoms with van der Waals surface area (Å²) in [6, 6.07) is 9.17. The van der Waals surface area contributed by atoms with Gasteiger partial charge in [-0.1, -0.05) is 12.1 Å². The van der Waals surface area contributed by atoms with Crippen LogP contribution in [0.1, 0.15) is 5.56 Å². The van der Waals surface area contributed by atoms with E-state index in [9.17, 15) is 4.79 Å². The lowest BCUT2D eigenvalue weighted by Gasteiger charge is -2.38. The monoisotopic (exact) mass is 244 g/mol. The first kappa shape index (κ1) is 12.4. The van der Waals surface area contributed by atoms with Crippen LogP contribution in [0.3, 0.4) is 0 Å². The van der Waals surface area contributed by atoms with Crippen molar-refractivity contribution in [3.63, 3.8) is 0 Å². The van der Waals surface area contributed by atoms with Gasteiger partial charge in [-0.15, -0.1) is 0 Å². The molecule has 1 aromatic rings. The lowest BCUT2D eigenvalue weighted by molar-refractivity contribution is 0.194. The molecular formula is C13H16N4O. The zero-order valence-corrected chi connectivity index (χ0v) is 10.3. The molecule has 0 saturated carbocycles. The molecule has 2 amide bonds. The normalized spacial score (nSPS) is 19.8. The van der Waals surface area contributed by atoms with Gasteiger partial charge in [-0.25, -0.2) is 4.79 Å². The van der Waals surface area contributed by atoms with Crippen molar-refractivity contribution in [3.05, 3.63) is 29.8 Å². The van der Waals surface area contributed by atoms with E-state index in [0.717, 1.165) is 0 Å². The molecule has 5 heteroatoms. The van der Waals surface area contributed by atoms with Crippen molar-refractivity contribution in [1.29, 1.82) is 5.26 Å². The maximum Gasteiger partial charge on any atom is 0.324 e. The number of carbonyl (C=O) groups excluding carboxylic acids is 1. The van der Waals surface area contributed by atoms with Crippen molar-refractivity contribution in [3.8, 4) is 6.07 Å². The Morgan fingerprint density at radius 1 is 1.44 bits per heavy atom. The topological polar surface area (TPSA) is 73.4 Å². The summed E-state index contributed by atoms with van der Waals surface area (Å²) in [5, 5.41) is 9.10. The summed E-state index contributed by atoms with van der Waals surface area (Å²) in [6.07, 6.45) is 0. The van der Waals surface area contributed by atoms with Gasteiger partial charge in [0.15, 0.2) is 0 Å². The first-order valence-corrected chi connectivity index (χ1v) is 5.89. The summed E-state index contributed by atoms with van der Waals surface area (Å²) >= 11 is 0. The van der Waals surface area contributed by atoms with Gasteiger partial charge in [-0.2, -0.15) is 5.26 Å². The zero-order chi connectivity index (χ0) is 13.1. The molecule has 1 atom stereocenters. The van der Waals surface area contributed by atoms with Crippen LogP contribution < -0.4 is 10.6 Å². The van der Waals surface area contributed by atoms with Crippen LogP contribution in [-0.4, -0.2) is 37.6 Å². The van der Waals surface area contributed by atoms with Crippen LogP contribution in [0.4, 0.5) is 10.5 Å². The van der Waals surface area contributed by atoms with Crippen LogP contribution in [0, 0.1) is 17.2 Å². The van der Waals surface area contributed by atoms with E-state index < -0.39 is 0 Å². The average Bonchev–Trinajstić information content (AvgIpc) is 2.41. The van der Waals surface area contributed by atoms with Gasteiger partial charge >= 0.3 is 6.03 Å². The molecule has 1 aliphatic rings. The van der Waals surface area contributed by atoms with E-state index in [4.69, 9.17) is 11.0 Å². The van der Waals surface area contributed by atoms with E-state index in [2.05, 4.69) is 6.07 Å². The van der Waals surface area contributed by atoms with E-state index in [0.29, 0.717) is 30.9 Å². The first-order valence-electron chi connectivity index (χ1n) is 5.89. The lowest BCUT2D eigenvalue weighted by Crippen LogP contribution is -2.53. The van der Waals surface area contributed by atoms with Gasteiger partial charge in [0.05, 0.1) is 11.3 Å². The molecule has 1 aromatic carbocycles. The number of amides is 2. The Kier molecular flexibility index (Phi) is 3.49. The Balaban J connectivity index is 2.36. The Morgan fingerprint density at radius 2 is 2.17 bits per heavy atom. The van der Waals surface area contributed by atoms with Crippen LogP contribution >= 0.6 is 0 Å². The fourth-order valence-electron chi connectivity index (χ4n) is 2.22. The number of nitrogens with zero attached hydrogens (tertiary/aromatic N) is 3. The molecule has 2 N–H and O–H groups in total. The molecule has 1 unspecified atom stereocenters. The summed E-state index contributed by atoms with van der Waals surface area (Å²) in [5.74, 6) is 0.236. The second-order valence-electron chi connectivity index (χ2n) is 4.50. The van der Waals surface area contributed by atoms with Gasteiger partial charge in [-0.3, -0.25) is 4.90 Å². The van der Waals surface area contributed by atoms with Crippen molar-refractivity contribution in [2.24, 2.45) is 11.7 Å². The number of hydrogen-bond donors (Lipinski definition) is 1. The molecule has 0 bridgehead atoms. The number of nitrogens with two attached hydrogens (primary N) is 1. The number of para-hydroxylation sites is 1. The lowest BCUT2D eigenvalue weighted by atomic mass is 10.0. The van der Waals surface area contributed by atoms with Crippen molar-refractivity contribution in [2.75, 3.05) is 31.6 Å². The smallest absolute Gasteiger partial charge is 0.324 e. The molecular weight excluding hydrogens is 228 g/mol. The molecule has 1 aliphatic heterocycles. The van der Waals surface area contributed by atoms with Crippen LogP contribution in [-0.2, 0) is 0 Å². The van der Waals surface area contributed by atoms with E-state index in [1.807, 2.05) is 6.07 Å². The van der Waals surface area contributed by atoms with Crippen molar-refractivity contribution < 1.29 is 4.79 Å². The molecule has 0 aromatic heterocycles.